The molecule has 0 fully saturated rings. The molecule has 1 heterocycles. The largest absolute Gasteiger partial charge is 0.317 e. The number of nitrogens with zero attached hydrogens (tertiary/aromatic N) is 1. The van der Waals surface area contributed by atoms with E-state index in [0.29, 0.717) is 0 Å². The molecule has 1 N–H and O–H groups in total. The fourth-order valence-corrected chi connectivity index (χ4v) is 1.37. The van der Waals surface area contributed by atoms with Crippen LogP contribution in [0.2, 0.25) is 0 Å². The molecule has 0 bridgehead atoms. The summed E-state index contributed by atoms with van der Waals surface area (Å²) in [6.45, 7) is 6.56. The standard InChI is InChI=1S/C9H7N.C5H13N.H2/c1-2-6-9-8(4-1)5-3-7-10-9;1-3-5-6-4-2;/h1-7H;6H,3-5H2,1-2H3;1H. The molecule has 0 saturated heterocycles. The lowest BCUT2D eigenvalue weighted by Gasteiger charge is -1.91. The van der Waals surface area contributed by atoms with Crippen LogP contribution in [-0.4, -0.2) is 18.1 Å². The van der Waals surface area contributed by atoms with Gasteiger partial charge in [-0.25, -0.2) is 0 Å². The van der Waals surface area contributed by atoms with Gasteiger partial charge in [0.15, 0.2) is 0 Å². The van der Waals surface area contributed by atoms with Crippen LogP contribution in [0.4, 0.5) is 0 Å². The van der Waals surface area contributed by atoms with E-state index in [0.717, 1.165) is 18.6 Å². The highest BCUT2D eigenvalue weighted by Gasteiger charge is 1.86. The maximum Gasteiger partial charge on any atom is 0.0701 e. The Labute approximate surface area is 99.2 Å². The number of pyridine rings is 1. The van der Waals surface area contributed by atoms with E-state index in [2.05, 4.69) is 36.3 Å². The Kier molecular flexibility index (Phi) is 6.19. The van der Waals surface area contributed by atoms with Gasteiger partial charge in [0, 0.05) is 13.0 Å². The quantitative estimate of drug-likeness (QED) is 0.798. The molecule has 0 aliphatic carbocycles. The van der Waals surface area contributed by atoms with Crippen molar-refractivity contribution in [2.45, 2.75) is 20.3 Å². The lowest BCUT2D eigenvalue weighted by molar-refractivity contribution is 0.703. The van der Waals surface area contributed by atoms with Gasteiger partial charge in [-0.15, -0.1) is 0 Å². The minimum atomic E-state index is 0. The van der Waals surface area contributed by atoms with E-state index in [9.17, 15) is 0 Å². The monoisotopic (exact) mass is 218 g/mol. The van der Waals surface area contributed by atoms with Gasteiger partial charge >= 0.3 is 0 Å². The molecular formula is C14H22N2. The van der Waals surface area contributed by atoms with Gasteiger partial charge in [0.25, 0.3) is 0 Å². The summed E-state index contributed by atoms with van der Waals surface area (Å²) in [6.07, 6.45) is 3.05. The Hall–Kier alpha value is -1.41. The normalized spacial score (nSPS) is 9.62. The molecule has 0 spiro atoms. The van der Waals surface area contributed by atoms with Crippen molar-refractivity contribution in [1.82, 2.24) is 10.3 Å². The SMILES string of the molecule is CCCNCC.[HH].c1ccc2ncccc2c1. The number of benzene rings is 1. The predicted octanol–water partition coefficient (Wildman–Crippen LogP) is 3.49. The minimum absolute atomic E-state index is 0. The summed E-state index contributed by atoms with van der Waals surface area (Å²) in [7, 11) is 0. The molecule has 0 unspecified atom stereocenters. The summed E-state index contributed by atoms with van der Waals surface area (Å²) in [5.41, 5.74) is 1.06. The number of para-hydroxylation sites is 1. The first kappa shape index (κ1) is 12.7. The minimum Gasteiger partial charge on any atom is -0.317 e. The topological polar surface area (TPSA) is 24.9 Å². The molecule has 0 amide bonds. The average Bonchev–Trinajstić information content (AvgIpc) is 2.37. The Bertz CT molecular complexity index is 335. The van der Waals surface area contributed by atoms with Crippen LogP contribution >= 0.6 is 0 Å². The third-order valence-corrected chi connectivity index (χ3v) is 2.19. The fraction of sp³-hybridized carbons (Fsp3) is 0.357. The van der Waals surface area contributed by atoms with E-state index in [1.165, 1.54) is 11.8 Å². The summed E-state index contributed by atoms with van der Waals surface area (Å²) >= 11 is 0. The number of hydrogen-bond donors (Lipinski definition) is 1. The van der Waals surface area contributed by atoms with Crippen molar-refractivity contribution in [3.8, 4) is 0 Å². The van der Waals surface area contributed by atoms with Crippen LogP contribution in [0.3, 0.4) is 0 Å². The first-order chi connectivity index (χ1) is 7.88. The molecule has 2 aromatic rings. The highest BCUT2D eigenvalue weighted by atomic mass is 14.8. The number of hydrogen-bond acceptors (Lipinski definition) is 2. The highest BCUT2D eigenvalue weighted by Crippen LogP contribution is 2.07. The maximum atomic E-state index is 4.18. The number of rotatable bonds is 3. The van der Waals surface area contributed by atoms with E-state index < -0.39 is 0 Å². The summed E-state index contributed by atoms with van der Waals surface area (Å²) in [5.74, 6) is 0. The van der Waals surface area contributed by atoms with Gasteiger partial charge < -0.3 is 5.32 Å². The fourth-order valence-electron chi connectivity index (χ4n) is 1.37. The van der Waals surface area contributed by atoms with Gasteiger partial charge in [-0.05, 0) is 31.6 Å². The highest BCUT2D eigenvalue weighted by molar-refractivity contribution is 5.77. The van der Waals surface area contributed by atoms with Crippen molar-refractivity contribution in [3.05, 3.63) is 42.6 Å². The molecular weight excluding hydrogens is 196 g/mol. The van der Waals surface area contributed by atoms with Crippen LogP contribution in [-0.2, 0) is 0 Å². The summed E-state index contributed by atoms with van der Waals surface area (Å²) < 4.78 is 0. The van der Waals surface area contributed by atoms with Crippen molar-refractivity contribution in [1.29, 1.82) is 0 Å². The van der Waals surface area contributed by atoms with Crippen LogP contribution in [0.5, 0.6) is 0 Å². The molecule has 88 valence electrons. The van der Waals surface area contributed by atoms with Gasteiger partial charge in [0.2, 0.25) is 0 Å². The van der Waals surface area contributed by atoms with Crippen molar-refractivity contribution in [3.63, 3.8) is 0 Å². The second kappa shape index (κ2) is 7.83. The molecule has 16 heavy (non-hydrogen) atoms. The molecule has 0 atom stereocenters. The van der Waals surface area contributed by atoms with Gasteiger partial charge in [0.05, 0.1) is 5.52 Å². The Morgan fingerprint density at radius 1 is 1.12 bits per heavy atom. The predicted molar refractivity (Wildman–Crippen MR) is 72.7 cm³/mol. The van der Waals surface area contributed by atoms with Crippen LogP contribution in [0.15, 0.2) is 42.6 Å². The van der Waals surface area contributed by atoms with Crippen molar-refractivity contribution in [2.75, 3.05) is 13.1 Å². The second-order valence-corrected chi connectivity index (χ2v) is 3.55. The Balaban J connectivity index is 0.000000324. The van der Waals surface area contributed by atoms with Gasteiger partial charge in [0.1, 0.15) is 0 Å². The molecule has 0 saturated carbocycles. The number of aromatic nitrogens is 1. The van der Waals surface area contributed by atoms with Crippen LogP contribution in [0, 0.1) is 0 Å². The maximum absolute atomic E-state index is 4.18. The van der Waals surface area contributed by atoms with Gasteiger partial charge in [-0.2, -0.15) is 0 Å². The van der Waals surface area contributed by atoms with E-state index in [1.54, 1.807) is 0 Å². The molecule has 2 rings (SSSR count). The van der Waals surface area contributed by atoms with E-state index in [-0.39, 0.29) is 1.43 Å². The first-order valence-electron chi connectivity index (χ1n) is 5.89. The lowest BCUT2D eigenvalue weighted by Crippen LogP contribution is -2.12. The average molecular weight is 218 g/mol. The van der Waals surface area contributed by atoms with Crippen molar-refractivity contribution >= 4 is 10.9 Å². The number of nitrogens with one attached hydrogen (secondary N) is 1. The van der Waals surface area contributed by atoms with E-state index in [1.807, 2.05) is 30.5 Å². The molecule has 0 radical (unpaired) electrons. The third-order valence-electron chi connectivity index (χ3n) is 2.19. The van der Waals surface area contributed by atoms with Crippen LogP contribution in [0.1, 0.15) is 21.7 Å². The lowest BCUT2D eigenvalue weighted by atomic mass is 10.2. The van der Waals surface area contributed by atoms with Crippen molar-refractivity contribution < 1.29 is 1.43 Å². The zero-order valence-electron chi connectivity index (χ0n) is 10.1. The van der Waals surface area contributed by atoms with Gasteiger partial charge in [-0.3, -0.25) is 4.98 Å². The van der Waals surface area contributed by atoms with Crippen LogP contribution in [0.25, 0.3) is 10.9 Å². The number of fused-ring (bicyclic) bond motifs is 1. The molecule has 0 aliphatic rings. The summed E-state index contributed by atoms with van der Waals surface area (Å²) in [5, 5.41) is 4.40. The molecule has 2 nitrogen and oxygen atoms in total. The second-order valence-electron chi connectivity index (χ2n) is 3.55. The van der Waals surface area contributed by atoms with E-state index in [4.69, 9.17) is 0 Å². The smallest absolute Gasteiger partial charge is 0.0701 e. The molecule has 0 aliphatic heterocycles. The molecule has 1 aromatic heterocycles. The van der Waals surface area contributed by atoms with Crippen molar-refractivity contribution in [2.24, 2.45) is 0 Å². The first-order valence-corrected chi connectivity index (χ1v) is 5.89. The Morgan fingerprint density at radius 3 is 2.50 bits per heavy atom. The Morgan fingerprint density at radius 2 is 1.88 bits per heavy atom. The zero-order chi connectivity index (χ0) is 11.6. The zero-order valence-corrected chi connectivity index (χ0v) is 10.1. The van der Waals surface area contributed by atoms with Crippen LogP contribution < -0.4 is 5.32 Å². The molecule has 2 heteroatoms. The van der Waals surface area contributed by atoms with E-state index >= 15 is 0 Å². The van der Waals surface area contributed by atoms with Gasteiger partial charge in [-0.1, -0.05) is 38.1 Å². The summed E-state index contributed by atoms with van der Waals surface area (Å²) in [4.78, 5) is 4.18. The third kappa shape index (κ3) is 4.41. The molecule has 1 aromatic carbocycles. The summed E-state index contributed by atoms with van der Waals surface area (Å²) in [6, 6.07) is 12.1.